The second-order valence-corrected chi connectivity index (χ2v) is 4.74. The maximum atomic E-state index is 11.9. The first kappa shape index (κ1) is 15.5. The largest absolute Gasteiger partial charge is 0.497 e. The van der Waals surface area contributed by atoms with Crippen molar-refractivity contribution >= 4 is 23.5 Å². The molecule has 0 fully saturated rings. The fourth-order valence-corrected chi connectivity index (χ4v) is 1.92. The molecule has 0 radical (unpaired) electrons. The molecule has 0 heterocycles. The predicted molar refractivity (Wildman–Crippen MR) is 87.1 cm³/mol. The topological polar surface area (TPSA) is 55.4 Å². The Morgan fingerprint density at radius 1 is 1.09 bits per heavy atom. The minimum atomic E-state index is -0.261. The van der Waals surface area contributed by atoms with E-state index >= 15 is 0 Å². The molecule has 1 N–H and O–H groups in total. The number of benzene rings is 2. The number of carbonyl (C=O) groups excluding carboxylic acids is 2. The predicted octanol–water partition coefficient (Wildman–Crippen LogP) is 3.55. The summed E-state index contributed by atoms with van der Waals surface area (Å²) >= 11 is 0. The third-order valence-electron chi connectivity index (χ3n) is 3.06. The summed E-state index contributed by atoms with van der Waals surface area (Å²) in [7, 11) is 1.59. The van der Waals surface area contributed by atoms with Gasteiger partial charge in [0.15, 0.2) is 5.78 Å². The molecule has 2 aromatic rings. The number of methoxy groups -OCH3 is 1. The summed E-state index contributed by atoms with van der Waals surface area (Å²) in [6, 6.07) is 14.2. The Balaban J connectivity index is 2.04. The summed E-state index contributed by atoms with van der Waals surface area (Å²) in [5, 5.41) is 2.73. The van der Waals surface area contributed by atoms with Crippen molar-refractivity contribution in [2.45, 2.75) is 6.92 Å². The number of hydrogen-bond acceptors (Lipinski definition) is 3. The van der Waals surface area contributed by atoms with Gasteiger partial charge in [-0.25, -0.2) is 0 Å². The van der Waals surface area contributed by atoms with E-state index in [0.717, 1.165) is 11.3 Å². The summed E-state index contributed by atoms with van der Waals surface area (Å²) in [5.74, 6) is 0.434. The molecule has 4 nitrogen and oxygen atoms in total. The van der Waals surface area contributed by atoms with Crippen LogP contribution in [0.1, 0.15) is 22.8 Å². The van der Waals surface area contributed by atoms with E-state index in [-0.39, 0.29) is 11.7 Å². The molecule has 0 saturated heterocycles. The van der Waals surface area contributed by atoms with Crippen LogP contribution in [0.4, 0.5) is 5.69 Å². The summed E-state index contributed by atoms with van der Waals surface area (Å²) < 4.78 is 5.13. The molecular formula is C18H17NO3. The highest BCUT2D eigenvalue weighted by Gasteiger charge is 2.02. The molecule has 0 aliphatic heterocycles. The van der Waals surface area contributed by atoms with Crippen LogP contribution < -0.4 is 10.1 Å². The van der Waals surface area contributed by atoms with E-state index in [9.17, 15) is 9.59 Å². The number of carbonyl (C=O) groups is 2. The number of rotatable bonds is 5. The fourth-order valence-electron chi connectivity index (χ4n) is 1.92. The molecule has 0 bridgehead atoms. The van der Waals surface area contributed by atoms with Crippen molar-refractivity contribution in [2.75, 3.05) is 12.4 Å². The third kappa shape index (κ3) is 4.31. The normalized spacial score (nSPS) is 10.5. The molecule has 2 rings (SSSR count). The molecule has 0 atom stereocenters. The second kappa shape index (κ2) is 7.22. The van der Waals surface area contributed by atoms with Gasteiger partial charge in [0, 0.05) is 17.3 Å². The average molecular weight is 295 g/mol. The first-order valence-electron chi connectivity index (χ1n) is 6.82. The van der Waals surface area contributed by atoms with Crippen LogP contribution >= 0.6 is 0 Å². The number of anilines is 1. The van der Waals surface area contributed by atoms with Crippen LogP contribution in [-0.4, -0.2) is 18.8 Å². The van der Waals surface area contributed by atoms with E-state index in [4.69, 9.17) is 4.74 Å². The van der Waals surface area contributed by atoms with E-state index in [1.54, 1.807) is 37.5 Å². The molecule has 0 spiro atoms. The maximum Gasteiger partial charge on any atom is 0.248 e. The van der Waals surface area contributed by atoms with Gasteiger partial charge in [-0.2, -0.15) is 0 Å². The van der Waals surface area contributed by atoms with Gasteiger partial charge in [-0.05, 0) is 42.8 Å². The van der Waals surface area contributed by atoms with Gasteiger partial charge >= 0.3 is 0 Å². The maximum absolute atomic E-state index is 11.9. The highest BCUT2D eigenvalue weighted by Crippen LogP contribution is 2.14. The molecule has 0 aliphatic carbocycles. The quantitative estimate of drug-likeness (QED) is 0.678. The Bertz CT molecular complexity index is 720. The van der Waals surface area contributed by atoms with Crippen molar-refractivity contribution in [1.82, 2.24) is 0 Å². The van der Waals surface area contributed by atoms with Crippen molar-refractivity contribution in [3.05, 3.63) is 65.7 Å². The van der Waals surface area contributed by atoms with E-state index < -0.39 is 0 Å². The van der Waals surface area contributed by atoms with Crippen molar-refractivity contribution in [1.29, 1.82) is 0 Å². The summed E-state index contributed by atoms with van der Waals surface area (Å²) in [6.07, 6.45) is 3.14. The summed E-state index contributed by atoms with van der Waals surface area (Å²) in [4.78, 5) is 23.2. The zero-order chi connectivity index (χ0) is 15.9. The molecule has 22 heavy (non-hydrogen) atoms. The van der Waals surface area contributed by atoms with Gasteiger partial charge in [0.1, 0.15) is 5.75 Å². The average Bonchev–Trinajstić information content (AvgIpc) is 2.53. The SMILES string of the molecule is COc1cccc(/C=C/C(=O)Nc2cccc(C(C)=O)c2)c1. The van der Waals surface area contributed by atoms with Gasteiger partial charge < -0.3 is 10.1 Å². The van der Waals surface area contributed by atoms with Crippen LogP contribution in [0.25, 0.3) is 6.08 Å². The van der Waals surface area contributed by atoms with E-state index in [1.807, 2.05) is 24.3 Å². The van der Waals surface area contributed by atoms with E-state index in [0.29, 0.717) is 11.3 Å². The van der Waals surface area contributed by atoms with Crippen LogP contribution in [-0.2, 0) is 4.79 Å². The molecule has 0 unspecified atom stereocenters. The first-order chi connectivity index (χ1) is 10.6. The monoisotopic (exact) mass is 295 g/mol. The molecular weight excluding hydrogens is 278 g/mol. The van der Waals surface area contributed by atoms with Gasteiger partial charge in [0.25, 0.3) is 0 Å². The second-order valence-electron chi connectivity index (χ2n) is 4.74. The fraction of sp³-hybridized carbons (Fsp3) is 0.111. The standard InChI is InChI=1S/C18H17NO3/c1-13(20)15-6-4-7-16(12-15)19-18(21)10-9-14-5-3-8-17(11-14)22-2/h3-12H,1-2H3,(H,19,21)/b10-9+. The molecule has 4 heteroatoms. The Morgan fingerprint density at radius 3 is 2.59 bits per heavy atom. The first-order valence-corrected chi connectivity index (χ1v) is 6.82. The van der Waals surface area contributed by atoms with Gasteiger partial charge in [-0.3, -0.25) is 9.59 Å². The zero-order valence-electron chi connectivity index (χ0n) is 12.5. The van der Waals surface area contributed by atoms with Gasteiger partial charge in [-0.15, -0.1) is 0 Å². The Labute approximate surface area is 129 Å². The lowest BCUT2D eigenvalue weighted by Gasteiger charge is -2.04. The number of ketones is 1. The van der Waals surface area contributed by atoms with Gasteiger partial charge in [0.05, 0.1) is 7.11 Å². The van der Waals surface area contributed by atoms with Crippen LogP contribution in [0.15, 0.2) is 54.6 Å². The zero-order valence-corrected chi connectivity index (χ0v) is 12.5. The number of ether oxygens (including phenoxy) is 1. The van der Waals surface area contributed by atoms with Crippen LogP contribution in [0.2, 0.25) is 0 Å². The lowest BCUT2D eigenvalue weighted by atomic mass is 10.1. The van der Waals surface area contributed by atoms with Crippen molar-refractivity contribution in [2.24, 2.45) is 0 Å². The van der Waals surface area contributed by atoms with Crippen LogP contribution in [0, 0.1) is 0 Å². The van der Waals surface area contributed by atoms with Gasteiger partial charge in [-0.1, -0.05) is 24.3 Å². The molecule has 1 amide bonds. The van der Waals surface area contributed by atoms with Gasteiger partial charge in [0.2, 0.25) is 5.91 Å². The molecule has 0 aromatic heterocycles. The highest BCUT2D eigenvalue weighted by molar-refractivity contribution is 6.03. The lowest BCUT2D eigenvalue weighted by Crippen LogP contribution is -2.08. The molecule has 112 valence electrons. The van der Waals surface area contributed by atoms with E-state index in [1.165, 1.54) is 13.0 Å². The third-order valence-corrected chi connectivity index (χ3v) is 3.06. The minimum absolute atomic E-state index is 0.0389. The number of hydrogen-bond donors (Lipinski definition) is 1. The Morgan fingerprint density at radius 2 is 1.86 bits per heavy atom. The number of Topliss-reactive ketones (excluding diaryl/α,β-unsaturated/α-hetero) is 1. The molecule has 0 saturated carbocycles. The van der Waals surface area contributed by atoms with Crippen molar-refractivity contribution in [3.63, 3.8) is 0 Å². The van der Waals surface area contributed by atoms with E-state index in [2.05, 4.69) is 5.32 Å². The summed E-state index contributed by atoms with van der Waals surface area (Å²) in [6.45, 7) is 1.49. The number of nitrogens with one attached hydrogen (secondary N) is 1. The summed E-state index contributed by atoms with van der Waals surface area (Å²) in [5.41, 5.74) is 2.02. The molecule has 2 aromatic carbocycles. The van der Waals surface area contributed by atoms with Crippen molar-refractivity contribution in [3.8, 4) is 5.75 Å². The minimum Gasteiger partial charge on any atom is -0.497 e. The molecule has 0 aliphatic rings. The van der Waals surface area contributed by atoms with Crippen LogP contribution in [0.3, 0.4) is 0 Å². The van der Waals surface area contributed by atoms with Crippen molar-refractivity contribution < 1.29 is 14.3 Å². The number of amides is 1. The lowest BCUT2D eigenvalue weighted by molar-refractivity contribution is -0.111. The highest BCUT2D eigenvalue weighted by atomic mass is 16.5. The Kier molecular flexibility index (Phi) is 5.09. The van der Waals surface area contributed by atoms with Crippen LogP contribution in [0.5, 0.6) is 5.75 Å². The smallest absolute Gasteiger partial charge is 0.248 e. The Hall–Kier alpha value is -2.88.